The van der Waals surface area contributed by atoms with Crippen LogP contribution in [0.25, 0.3) is 10.7 Å². The highest BCUT2D eigenvalue weighted by Gasteiger charge is 2.30. The molecule has 1 fully saturated rings. The highest BCUT2D eigenvalue weighted by Crippen LogP contribution is 2.21. The molecule has 1 N–H and O–H groups in total. The first-order valence-corrected chi connectivity index (χ1v) is 6.06. The van der Waals surface area contributed by atoms with Crippen molar-refractivity contribution in [2.24, 2.45) is 0 Å². The molecule has 92 valence electrons. The van der Waals surface area contributed by atoms with Crippen molar-refractivity contribution in [3.8, 4) is 10.7 Å². The monoisotopic (exact) mass is 264 g/mol. The molecule has 7 nitrogen and oxygen atoms in total. The summed E-state index contributed by atoms with van der Waals surface area (Å²) in [7, 11) is 0. The number of imide groups is 1. The van der Waals surface area contributed by atoms with Gasteiger partial charge in [0, 0.05) is 0 Å². The molecule has 18 heavy (non-hydrogen) atoms. The molecule has 0 aliphatic carbocycles. The minimum Gasteiger partial charge on any atom is -0.337 e. The summed E-state index contributed by atoms with van der Waals surface area (Å²) in [4.78, 5) is 28.8. The van der Waals surface area contributed by atoms with E-state index in [4.69, 9.17) is 4.52 Å². The molecule has 0 unspecified atom stereocenters. The normalized spacial score (nSPS) is 15.2. The maximum atomic E-state index is 11.4. The SMILES string of the molecule is O=C1CNC(=O)N1Cc1nc(-c2cccs2)no1. The summed E-state index contributed by atoms with van der Waals surface area (Å²) in [5.41, 5.74) is 0. The summed E-state index contributed by atoms with van der Waals surface area (Å²) in [6.07, 6.45) is 0. The van der Waals surface area contributed by atoms with Gasteiger partial charge >= 0.3 is 6.03 Å². The van der Waals surface area contributed by atoms with E-state index in [9.17, 15) is 9.59 Å². The van der Waals surface area contributed by atoms with Gasteiger partial charge in [-0.3, -0.25) is 9.69 Å². The number of nitrogens with zero attached hydrogens (tertiary/aromatic N) is 3. The Kier molecular flexibility index (Phi) is 2.56. The predicted octanol–water partition coefficient (Wildman–Crippen LogP) is 0.850. The van der Waals surface area contributed by atoms with Crippen LogP contribution in [0.3, 0.4) is 0 Å². The second-order valence-corrected chi connectivity index (χ2v) is 4.58. The number of hydrogen-bond acceptors (Lipinski definition) is 6. The van der Waals surface area contributed by atoms with E-state index in [1.54, 1.807) is 0 Å². The Morgan fingerprint density at radius 3 is 3.06 bits per heavy atom. The molecule has 0 radical (unpaired) electrons. The highest BCUT2D eigenvalue weighted by atomic mass is 32.1. The Morgan fingerprint density at radius 1 is 1.50 bits per heavy atom. The summed E-state index contributed by atoms with van der Waals surface area (Å²) < 4.78 is 5.02. The standard InChI is InChI=1S/C10H8N4O3S/c15-8-4-11-10(16)14(8)5-7-12-9(13-17-7)6-2-1-3-18-6/h1-3H,4-5H2,(H,11,16). The molecule has 8 heteroatoms. The van der Waals surface area contributed by atoms with Crippen molar-refractivity contribution in [3.05, 3.63) is 23.4 Å². The summed E-state index contributed by atoms with van der Waals surface area (Å²) >= 11 is 1.49. The molecule has 0 spiro atoms. The number of carbonyl (C=O) groups excluding carboxylic acids is 2. The molecule has 1 aliphatic rings. The Labute approximate surface area is 105 Å². The van der Waals surface area contributed by atoms with Gasteiger partial charge in [0.25, 0.3) is 5.91 Å². The largest absolute Gasteiger partial charge is 0.337 e. The van der Waals surface area contributed by atoms with Crippen LogP contribution in [-0.2, 0) is 11.3 Å². The lowest BCUT2D eigenvalue weighted by Gasteiger charge is -2.07. The Bertz CT molecular complexity index is 576. The summed E-state index contributed by atoms with van der Waals surface area (Å²) in [6.45, 7) is 0.0216. The van der Waals surface area contributed by atoms with E-state index in [1.807, 2.05) is 17.5 Å². The Morgan fingerprint density at radius 2 is 2.39 bits per heavy atom. The van der Waals surface area contributed by atoms with Gasteiger partial charge in [0.2, 0.25) is 11.7 Å². The van der Waals surface area contributed by atoms with E-state index in [1.165, 1.54) is 11.3 Å². The number of carbonyl (C=O) groups is 2. The first kappa shape index (κ1) is 10.9. The summed E-state index contributed by atoms with van der Waals surface area (Å²) in [5.74, 6) is 0.409. The van der Waals surface area contributed by atoms with Crippen molar-refractivity contribution < 1.29 is 14.1 Å². The number of rotatable bonds is 3. The lowest BCUT2D eigenvalue weighted by atomic mass is 10.4. The van der Waals surface area contributed by atoms with E-state index < -0.39 is 6.03 Å². The van der Waals surface area contributed by atoms with Crippen LogP contribution < -0.4 is 5.32 Å². The van der Waals surface area contributed by atoms with Crippen LogP contribution in [0, 0.1) is 0 Å². The van der Waals surface area contributed by atoms with E-state index in [-0.39, 0.29) is 24.9 Å². The van der Waals surface area contributed by atoms with Gasteiger partial charge in [0.15, 0.2) is 0 Å². The number of aromatic nitrogens is 2. The zero-order valence-electron chi connectivity index (χ0n) is 9.12. The van der Waals surface area contributed by atoms with Gasteiger partial charge in [0.1, 0.15) is 6.54 Å². The van der Waals surface area contributed by atoms with Crippen molar-refractivity contribution in [2.75, 3.05) is 6.54 Å². The van der Waals surface area contributed by atoms with Crippen molar-refractivity contribution in [1.82, 2.24) is 20.4 Å². The third kappa shape index (κ3) is 1.86. The average Bonchev–Trinajstić information content (AvgIpc) is 3.06. The maximum absolute atomic E-state index is 11.4. The first-order valence-electron chi connectivity index (χ1n) is 5.19. The number of amides is 3. The van der Waals surface area contributed by atoms with E-state index in [0.29, 0.717) is 5.82 Å². The molecule has 2 aromatic rings. The van der Waals surface area contributed by atoms with Crippen LogP contribution in [0.2, 0.25) is 0 Å². The lowest BCUT2D eigenvalue weighted by Crippen LogP contribution is -2.30. The molecule has 3 heterocycles. The van der Waals surface area contributed by atoms with Crippen molar-refractivity contribution in [3.63, 3.8) is 0 Å². The maximum Gasteiger partial charge on any atom is 0.325 e. The summed E-state index contributed by atoms with van der Waals surface area (Å²) in [6, 6.07) is 3.32. The second kappa shape index (κ2) is 4.22. The molecule has 3 amide bonds. The third-order valence-corrected chi connectivity index (χ3v) is 3.31. The molecule has 0 bridgehead atoms. The molecule has 3 rings (SSSR count). The van der Waals surface area contributed by atoms with Gasteiger partial charge in [-0.15, -0.1) is 11.3 Å². The van der Waals surface area contributed by atoms with Crippen LogP contribution in [0.5, 0.6) is 0 Å². The van der Waals surface area contributed by atoms with Gasteiger partial charge in [-0.2, -0.15) is 4.98 Å². The quantitative estimate of drug-likeness (QED) is 0.830. The van der Waals surface area contributed by atoms with Crippen LogP contribution in [0.4, 0.5) is 4.79 Å². The fraction of sp³-hybridized carbons (Fsp3) is 0.200. The number of nitrogens with one attached hydrogen (secondary N) is 1. The van der Waals surface area contributed by atoms with Gasteiger partial charge < -0.3 is 9.84 Å². The van der Waals surface area contributed by atoms with E-state index in [2.05, 4.69) is 15.5 Å². The van der Waals surface area contributed by atoms with Crippen molar-refractivity contribution in [2.45, 2.75) is 6.54 Å². The lowest BCUT2D eigenvalue weighted by molar-refractivity contribution is -0.125. The second-order valence-electron chi connectivity index (χ2n) is 3.63. The highest BCUT2D eigenvalue weighted by molar-refractivity contribution is 7.13. The van der Waals surface area contributed by atoms with Crippen LogP contribution in [0.15, 0.2) is 22.0 Å². The zero-order chi connectivity index (χ0) is 12.5. The van der Waals surface area contributed by atoms with Gasteiger partial charge in [-0.05, 0) is 11.4 Å². The minimum absolute atomic E-state index is 0.00302. The van der Waals surface area contributed by atoms with Crippen molar-refractivity contribution in [1.29, 1.82) is 0 Å². The predicted molar refractivity (Wildman–Crippen MR) is 61.6 cm³/mol. The molecule has 2 aromatic heterocycles. The molecular weight excluding hydrogens is 256 g/mol. The van der Waals surface area contributed by atoms with Crippen LogP contribution >= 0.6 is 11.3 Å². The minimum atomic E-state index is -0.434. The van der Waals surface area contributed by atoms with Crippen LogP contribution in [0.1, 0.15) is 5.89 Å². The number of hydrogen-bond donors (Lipinski definition) is 1. The van der Waals surface area contributed by atoms with Gasteiger partial charge in [-0.25, -0.2) is 4.79 Å². The Balaban J connectivity index is 1.78. The molecule has 0 aromatic carbocycles. The van der Waals surface area contributed by atoms with Crippen LogP contribution in [-0.4, -0.2) is 33.5 Å². The number of urea groups is 1. The van der Waals surface area contributed by atoms with E-state index in [0.717, 1.165) is 9.78 Å². The molecular formula is C10H8N4O3S. The van der Waals surface area contributed by atoms with Gasteiger partial charge in [-0.1, -0.05) is 11.2 Å². The number of thiophene rings is 1. The molecule has 0 saturated carbocycles. The van der Waals surface area contributed by atoms with Crippen molar-refractivity contribution >= 4 is 23.3 Å². The average molecular weight is 264 g/mol. The van der Waals surface area contributed by atoms with E-state index >= 15 is 0 Å². The molecule has 0 atom stereocenters. The Hall–Kier alpha value is -2.22. The summed E-state index contributed by atoms with van der Waals surface area (Å²) in [5, 5.41) is 8.13. The fourth-order valence-corrected chi connectivity index (χ4v) is 2.22. The van der Waals surface area contributed by atoms with Gasteiger partial charge in [0.05, 0.1) is 11.4 Å². The first-order chi connectivity index (χ1) is 8.74. The smallest absolute Gasteiger partial charge is 0.325 e. The fourth-order valence-electron chi connectivity index (χ4n) is 1.58. The molecule has 1 aliphatic heterocycles. The molecule has 1 saturated heterocycles. The topological polar surface area (TPSA) is 88.3 Å². The zero-order valence-corrected chi connectivity index (χ0v) is 9.94. The third-order valence-electron chi connectivity index (χ3n) is 2.44.